The van der Waals surface area contributed by atoms with Crippen molar-refractivity contribution in [1.82, 2.24) is 10.4 Å². The molecule has 0 spiro atoms. The molecule has 0 fully saturated rings. The minimum Gasteiger partial charge on any atom is -0.340 e. The Morgan fingerprint density at radius 2 is 1.95 bits per heavy atom. The Kier molecular flexibility index (Phi) is 4.08. The number of aromatic nitrogens is 1. The summed E-state index contributed by atoms with van der Waals surface area (Å²) in [4.78, 5) is 15.5. The molecule has 8 heteroatoms. The van der Waals surface area contributed by atoms with Gasteiger partial charge in [-0.05, 0) is 30.3 Å². The lowest BCUT2D eigenvalue weighted by molar-refractivity contribution is -0.137. The largest absolute Gasteiger partial charge is 0.416 e. The van der Waals surface area contributed by atoms with Gasteiger partial charge in [-0.2, -0.15) is 13.2 Å². The smallest absolute Gasteiger partial charge is 0.340 e. The van der Waals surface area contributed by atoms with E-state index in [1.165, 1.54) is 30.5 Å². The number of hydrogen-bond acceptors (Lipinski definition) is 4. The average Bonchev–Trinajstić information content (AvgIpc) is 2.46. The molecule has 2 aromatic rings. The van der Waals surface area contributed by atoms with Gasteiger partial charge in [0.1, 0.15) is 5.82 Å². The van der Waals surface area contributed by atoms with Crippen molar-refractivity contribution < 1.29 is 18.0 Å². The Balaban J connectivity index is 2.33. The van der Waals surface area contributed by atoms with Crippen LogP contribution in [0.1, 0.15) is 15.9 Å². The predicted octanol–water partition coefficient (Wildman–Crippen LogP) is 2.45. The van der Waals surface area contributed by atoms with Crippen LogP contribution in [-0.4, -0.2) is 10.9 Å². The lowest BCUT2D eigenvalue weighted by atomic mass is 10.2. The molecule has 5 nitrogen and oxygen atoms in total. The van der Waals surface area contributed by atoms with Gasteiger partial charge < -0.3 is 5.32 Å². The average molecular weight is 296 g/mol. The fourth-order valence-electron chi connectivity index (χ4n) is 1.68. The Bertz CT molecular complexity index is 658. The van der Waals surface area contributed by atoms with Gasteiger partial charge in [-0.15, -0.1) is 0 Å². The van der Waals surface area contributed by atoms with Crippen molar-refractivity contribution in [3.63, 3.8) is 0 Å². The van der Waals surface area contributed by atoms with Gasteiger partial charge in [0, 0.05) is 11.9 Å². The normalized spacial score (nSPS) is 11.0. The van der Waals surface area contributed by atoms with Crippen molar-refractivity contribution in [2.24, 2.45) is 5.84 Å². The third kappa shape index (κ3) is 3.48. The second-order valence-electron chi connectivity index (χ2n) is 4.08. The summed E-state index contributed by atoms with van der Waals surface area (Å²) < 4.78 is 37.9. The quantitative estimate of drug-likeness (QED) is 0.462. The van der Waals surface area contributed by atoms with Gasteiger partial charge in [-0.3, -0.25) is 10.2 Å². The number of nitrogens with zero attached hydrogens (tertiary/aromatic N) is 1. The van der Waals surface area contributed by atoms with Crippen LogP contribution in [-0.2, 0) is 6.18 Å². The van der Waals surface area contributed by atoms with Gasteiger partial charge in [0.15, 0.2) is 0 Å². The van der Waals surface area contributed by atoms with Crippen LogP contribution in [0.15, 0.2) is 42.6 Å². The molecule has 1 aromatic heterocycles. The molecular weight excluding hydrogens is 285 g/mol. The van der Waals surface area contributed by atoms with Crippen LogP contribution in [0.5, 0.6) is 0 Å². The first-order valence-corrected chi connectivity index (χ1v) is 5.82. The first-order valence-electron chi connectivity index (χ1n) is 5.82. The van der Waals surface area contributed by atoms with Crippen LogP contribution in [0.2, 0.25) is 0 Å². The molecule has 0 unspecified atom stereocenters. The van der Waals surface area contributed by atoms with Crippen molar-refractivity contribution in [3.05, 3.63) is 53.7 Å². The van der Waals surface area contributed by atoms with Crippen LogP contribution >= 0.6 is 0 Å². The molecule has 0 bridgehead atoms. The zero-order valence-corrected chi connectivity index (χ0v) is 10.6. The van der Waals surface area contributed by atoms with Gasteiger partial charge in [-0.1, -0.05) is 6.07 Å². The van der Waals surface area contributed by atoms with Gasteiger partial charge in [-0.25, -0.2) is 10.8 Å². The van der Waals surface area contributed by atoms with Crippen LogP contribution < -0.4 is 16.6 Å². The molecule has 1 heterocycles. The van der Waals surface area contributed by atoms with Gasteiger partial charge >= 0.3 is 6.18 Å². The van der Waals surface area contributed by atoms with E-state index in [0.717, 1.165) is 12.1 Å². The van der Waals surface area contributed by atoms with E-state index in [4.69, 9.17) is 5.84 Å². The number of hydrogen-bond donors (Lipinski definition) is 3. The van der Waals surface area contributed by atoms with Crippen molar-refractivity contribution in [2.45, 2.75) is 6.18 Å². The van der Waals surface area contributed by atoms with Gasteiger partial charge in [0.05, 0.1) is 11.1 Å². The van der Waals surface area contributed by atoms with Gasteiger partial charge in [0.25, 0.3) is 5.91 Å². The second-order valence-corrected chi connectivity index (χ2v) is 4.08. The molecule has 0 saturated heterocycles. The summed E-state index contributed by atoms with van der Waals surface area (Å²) in [5, 5.41) is 2.67. The molecule has 0 atom stereocenters. The van der Waals surface area contributed by atoms with E-state index in [0.29, 0.717) is 0 Å². The molecule has 110 valence electrons. The topological polar surface area (TPSA) is 80.0 Å². The Labute approximate surface area is 118 Å². The number of nitrogens with one attached hydrogen (secondary N) is 2. The number of nitrogen functional groups attached to an aromatic ring is 1. The first kappa shape index (κ1) is 14.8. The Morgan fingerprint density at radius 3 is 2.62 bits per heavy atom. The van der Waals surface area contributed by atoms with E-state index in [9.17, 15) is 18.0 Å². The fourth-order valence-corrected chi connectivity index (χ4v) is 1.68. The molecule has 0 saturated carbocycles. The molecule has 0 aliphatic rings. The van der Waals surface area contributed by atoms with E-state index < -0.39 is 17.6 Å². The fraction of sp³-hybridized carbons (Fsp3) is 0.0769. The number of nitrogens with two attached hydrogens (primary N) is 1. The summed E-state index contributed by atoms with van der Waals surface area (Å²) in [6, 6.07) is 7.55. The molecular formula is C13H11F3N4O. The number of carbonyl (C=O) groups excluding carboxylic acids is 1. The molecule has 21 heavy (non-hydrogen) atoms. The van der Waals surface area contributed by atoms with E-state index in [1.54, 1.807) is 0 Å². The highest BCUT2D eigenvalue weighted by atomic mass is 19.4. The predicted molar refractivity (Wildman–Crippen MR) is 70.6 cm³/mol. The zero-order chi connectivity index (χ0) is 15.5. The number of carbonyl (C=O) groups is 1. The van der Waals surface area contributed by atoms with Crippen molar-refractivity contribution in [2.75, 3.05) is 5.32 Å². The summed E-state index contributed by atoms with van der Waals surface area (Å²) in [7, 11) is 0. The summed E-state index contributed by atoms with van der Waals surface area (Å²) in [5.74, 6) is 4.56. The molecule has 0 radical (unpaired) electrons. The highest BCUT2D eigenvalue weighted by molar-refractivity contribution is 5.98. The Morgan fingerprint density at radius 1 is 1.19 bits per heavy atom. The summed E-state index contributed by atoms with van der Waals surface area (Å²) in [5.41, 5.74) is 1.43. The minimum absolute atomic E-state index is 0.111. The molecule has 1 amide bonds. The van der Waals surface area contributed by atoms with E-state index in [2.05, 4.69) is 10.3 Å². The number of amides is 1. The third-order valence-electron chi connectivity index (χ3n) is 2.64. The summed E-state index contributed by atoms with van der Waals surface area (Å²) in [6.45, 7) is 0. The number of pyridine rings is 1. The van der Waals surface area contributed by atoms with Gasteiger partial charge in [0.2, 0.25) is 0 Å². The summed E-state index contributed by atoms with van der Waals surface area (Å²) in [6.07, 6.45) is -3.04. The lowest BCUT2D eigenvalue weighted by Crippen LogP contribution is -2.30. The lowest BCUT2D eigenvalue weighted by Gasteiger charge is -2.12. The third-order valence-corrected chi connectivity index (χ3v) is 2.64. The van der Waals surface area contributed by atoms with Crippen molar-refractivity contribution >= 4 is 17.4 Å². The number of alkyl halides is 3. The maximum atomic E-state index is 12.6. The maximum Gasteiger partial charge on any atom is 0.416 e. The maximum absolute atomic E-state index is 12.6. The standard InChI is InChI=1S/C13H11F3N4O/c14-13(15,16)8-3-1-4-9(7-8)19-11-10(12(21)20-17)5-2-6-18-11/h1-7H,17H2,(H,18,19)(H,20,21). The number of hydrazine groups is 1. The number of halogens is 3. The SMILES string of the molecule is NNC(=O)c1cccnc1Nc1cccc(C(F)(F)F)c1. The number of anilines is 2. The minimum atomic E-state index is -4.45. The Hall–Kier alpha value is -2.61. The van der Waals surface area contributed by atoms with Crippen LogP contribution in [0, 0.1) is 0 Å². The highest BCUT2D eigenvalue weighted by Crippen LogP contribution is 2.31. The molecule has 1 aromatic carbocycles. The molecule has 0 aliphatic carbocycles. The van der Waals surface area contributed by atoms with E-state index >= 15 is 0 Å². The van der Waals surface area contributed by atoms with Crippen LogP contribution in [0.25, 0.3) is 0 Å². The molecule has 0 aliphatic heterocycles. The number of benzene rings is 1. The summed E-state index contributed by atoms with van der Waals surface area (Å²) >= 11 is 0. The van der Waals surface area contributed by atoms with E-state index in [1.807, 2.05) is 5.43 Å². The number of rotatable bonds is 3. The first-order chi connectivity index (χ1) is 9.91. The van der Waals surface area contributed by atoms with E-state index in [-0.39, 0.29) is 17.1 Å². The highest BCUT2D eigenvalue weighted by Gasteiger charge is 2.30. The second kappa shape index (κ2) is 5.80. The van der Waals surface area contributed by atoms with Crippen LogP contribution in [0.4, 0.5) is 24.7 Å². The van der Waals surface area contributed by atoms with Crippen molar-refractivity contribution in [1.29, 1.82) is 0 Å². The molecule has 2 rings (SSSR count). The monoisotopic (exact) mass is 296 g/mol. The molecule has 4 N–H and O–H groups in total. The van der Waals surface area contributed by atoms with Crippen molar-refractivity contribution in [3.8, 4) is 0 Å². The zero-order valence-electron chi connectivity index (χ0n) is 10.6. The van der Waals surface area contributed by atoms with Crippen LogP contribution in [0.3, 0.4) is 0 Å².